The minimum atomic E-state index is -2.84. The van der Waals surface area contributed by atoms with Crippen molar-refractivity contribution in [1.29, 1.82) is 0 Å². The fourth-order valence-corrected chi connectivity index (χ4v) is 1.07. The van der Waals surface area contributed by atoms with Crippen LogP contribution in [0.3, 0.4) is 0 Å². The van der Waals surface area contributed by atoms with Crippen molar-refractivity contribution in [2.75, 3.05) is 5.43 Å². The molecular weight excluding hydrogens is 231 g/mol. The van der Waals surface area contributed by atoms with Gasteiger partial charge in [0.15, 0.2) is 0 Å². The van der Waals surface area contributed by atoms with Crippen LogP contribution in [-0.2, 0) is 4.74 Å². The molecule has 2 radical (unpaired) electrons. The van der Waals surface area contributed by atoms with E-state index in [9.17, 15) is 13.6 Å². The third-order valence-electron chi connectivity index (χ3n) is 1.64. The predicted molar refractivity (Wildman–Crippen MR) is 58.2 cm³/mol. The van der Waals surface area contributed by atoms with E-state index in [-0.39, 0.29) is 5.46 Å². The number of ether oxygens (including phenoxy) is 1. The Morgan fingerprint density at radius 2 is 2.18 bits per heavy atom. The maximum absolute atomic E-state index is 12.6. The van der Waals surface area contributed by atoms with Gasteiger partial charge in [0.05, 0.1) is 0 Å². The smallest absolute Gasteiger partial charge is 0.428 e. The third kappa shape index (κ3) is 3.72. The van der Waals surface area contributed by atoms with Crippen molar-refractivity contribution in [3.63, 3.8) is 0 Å². The second-order valence-electron chi connectivity index (χ2n) is 4.31. The standard InChI is InChI=1S/C9H12BF2N3O2/c1-9(2,3)17-8(16)14-15-6(7(11)12)5(10)4-13-15/h4,7H,1-3H3,(H,14,16). The van der Waals surface area contributed by atoms with Gasteiger partial charge in [0, 0.05) is 6.20 Å². The highest BCUT2D eigenvalue weighted by atomic mass is 19.3. The molecule has 0 bridgehead atoms. The van der Waals surface area contributed by atoms with Gasteiger partial charge < -0.3 is 4.74 Å². The molecule has 0 saturated carbocycles. The van der Waals surface area contributed by atoms with Crippen LogP contribution in [0.15, 0.2) is 6.20 Å². The minimum absolute atomic E-state index is 0.198. The van der Waals surface area contributed by atoms with Crippen LogP contribution in [0.4, 0.5) is 13.6 Å². The van der Waals surface area contributed by atoms with E-state index in [0.717, 1.165) is 6.20 Å². The summed E-state index contributed by atoms with van der Waals surface area (Å²) in [6.07, 6.45) is -2.70. The van der Waals surface area contributed by atoms with Crippen LogP contribution in [0.2, 0.25) is 0 Å². The van der Waals surface area contributed by atoms with E-state index in [1.165, 1.54) is 0 Å². The Balaban J connectivity index is 2.79. The van der Waals surface area contributed by atoms with Gasteiger partial charge in [0.25, 0.3) is 6.43 Å². The number of carbonyl (C=O) groups is 1. The molecule has 17 heavy (non-hydrogen) atoms. The number of nitrogens with zero attached hydrogens (tertiary/aromatic N) is 2. The number of nitrogens with one attached hydrogen (secondary N) is 1. The van der Waals surface area contributed by atoms with Gasteiger partial charge in [-0.25, -0.2) is 19.0 Å². The lowest BCUT2D eigenvalue weighted by atomic mass is 9.97. The number of hydrogen-bond donors (Lipinski definition) is 1. The summed E-state index contributed by atoms with van der Waals surface area (Å²) in [6, 6.07) is 0. The van der Waals surface area contributed by atoms with Gasteiger partial charge in [0.1, 0.15) is 19.1 Å². The quantitative estimate of drug-likeness (QED) is 0.791. The molecule has 1 N–H and O–H groups in total. The van der Waals surface area contributed by atoms with Gasteiger partial charge in [-0.1, -0.05) is 0 Å². The molecule has 1 heterocycles. The van der Waals surface area contributed by atoms with Gasteiger partial charge >= 0.3 is 6.09 Å². The molecule has 0 saturated heterocycles. The highest BCUT2D eigenvalue weighted by Crippen LogP contribution is 2.15. The van der Waals surface area contributed by atoms with Crippen molar-refractivity contribution in [3.8, 4) is 0 Å². The summed E-state index contributed by atoms with van der Waals surface area (Å²) in [5.74, 6) is 0. The van der Waals surface area contributed by atoms with Crippen molar-refractivity contribution < 1.29 is 18.3 Å². The van der Waals surface area contributed by atoms with Crippen LogP contribution in [-0.4, -0.2) is 29.4 Å². The van der Waals surface area contributed by atoms with Crippen LogP contribution < -0.4 is 10.9 Å². The molecule has 0 unspecified atom stereocenters. The van der Waals surface area contributed by atoms with E-state index in [0.29, 0.717) is 4.79 Å². The summed E-state index contributed by atoms with van der Waals surface area (Å²) in [4.78, 5) is 11.9. The van der Waals surface area contributed by atoms with Crippen molar-refractivity contribution in [2.45, 2.75) is 32.8 Å². The third-order valence-corrected chi connectivity index (χ3v) is 1.64. The summed E-state index contributed by atoms with van der Waals surface area (Å²) < 4.78 is 30.0. The number of aromatic nitrogens is 2. The first kappa shape index (κ1) is 13.5. The first-order valence-corrected chi connectivity index (χ1v) is 4.82. The Bertz CT molecular complexity index is 415. The molecule has 0 aromatic carbocycles. The van der Waals surface area contributed by atoms with Crippen LogP contribution >= 0.6 is 0 Å². The van der Waals surface area contributed by atoms with E-state index >= 15 is 0 Å². The van der Waals surface area contributed by atoms with E-state index in [1.807, 2.05) is 0 Å². The molecule has 1 amide bonds. The lowest BCUT2D eigenvalue weighted by Gasteiger charge is -2.20. The molecule has 92 valence electrons. The van der Waals surface area contributed by atoms with Gasteiger partial charge in [-0.05, 0) is 26.2 Å². The van der Waals surface area contributed by atoms with Crippen LogP contribution in [0.5, 0.6) is 0 Å². The molecule has 5 nitrogen and oxygen atoms in total. The van der Waals surface area contributed by atoms with Crippen LogP contribution in [0.1, 0.15) is 32.9 Å². The summed E-state index contributed by atoms with van der Waals surface area (Å²) in [5, 5.41) is 3.51. The molecule has 0 aliphatic heterocycles. The molecule has 1 aromatic rings. The molecule has 0 fully saturated rings. The molecular formula is C9H12BF2N3O2. The van der Waals surface area contributed by atoms with Crippen molar-refractivity contribution >= 4 is 19.4 Å². The maximum Gasteiger partial charge on any atom is 0.428 e. The Hall–Kier alpha value is -1.60. The summed E-state index contributed by atoms with van der Waals surface area (Å²) >= 11 is 0. The van der Waals surface area contributed by atoms with Crippen molar-refractivity contribution in [1.82, 2.24) is 9.89 Å². The highest BCUT2D eigenvalue weighted by molar-refractivity contribution is 6.33. The number of amides is 1. The molecule has 0 spiro atoms. The fourth-order valence-electron chi connectivity index (χ4n) is 1.07. The normalized spacial score (nSPS) is 11.6. The Morgan fingerprint density at radius 1 is 1.59 bits per heavy atom. The highest BCUT2D eigenvalue weighted by Gasteiger charge is 2.21. The molecule has 0 aliphatic rings. The van der Waals surface area contributed by atoms with E-state index < -0.39 is 23.8 Å². The molecule has 8 heteroatoms. The zero-order valence-electron chi connectivity index (χ0n) is 9.70. The number of rotatable bonds is 2. The molecule has 1 rings (SSSR count). The number of carbonyl (C=O) groups excluding carboxylic acids is 1. The van der Waals surface area contributed by atoms with Crippen molar-refractivity contribution in [3.05, 3.63) is 11.9 Å². The largest absolute Gasteiger partial charge is 0.443 e. The van der Waals surface area contributed by atoms with Gasteiger partial charge in [0.2, 0.25) is 0 Å². The average Bonchev–Trinajstić information content (AvgIpc) is 2.42. The van der Waals surface area contributed by atoms with Gasteiger partial charge in [-0.3, -0.25) is 0 Å². The zero-order valence-corrected chi connectivity index (χ0v) is 9.70. The summed E-state index contributed by atoms with van der Waals surface area (Å²) in [7, 11) is 5.29. The number of alkyl halides is 2. The average molecular weight is 243 g/mol. The van der Waals surface area contributed by atoms with E-state index in [4.69, 9.17) is 12.6 Å². The van der Waals surface area contributed by atoms with E-state index in [1.54, 1.807) is 20.8 Å². The second-order valence-corrected chi connectivity index (χ2v) is 4.31. The topological polar surface area (TPSA) is 56.2 Å². The maximum atomic E-state index is 12.6. The van der Waals surface area contributed by atoms with Crippen LogP contribution in [0, 0.1) is 0 Å². The first-order valence-electron chi connectivity index (χ1n) is 4.82. The first-order chi connectivity index (χ1) is 7.70. The second kappa shape index (κ2) is 4.73. The monoisotopic (exact) mass is 243 g/mol. The van der Waals surface area contributed by atoms with Gasteiger partial charge in [-0.2, -0.15) is 9.89 Å². The lowest BCUT2D eigenvalue weighted by Crippen LogP contribution is -2.33. The number of halogens is 2. The Labute approximate surface area is 98.5 Å². The Morgan fingerprint density at radius 3 is 2.65 bits per heavy atom. The predicted octanol–water partition coefficient (Wildman–Crippen LogP) is 1.09. The lowest BCUT2D eigenvalue weighted by molar-refractivity contribution is 0.0603. The zero-order chi connectivity index (χ0) is 13.2. The summed E-state index contributed by atoms with van der Waals surface area (Å²) in [5.41, 5.74) is 0.554. The summed E-state index contributed by atoms with van der Waals surface area (Å²) in [6.45, 7) is 4.95. The molecule has 1 aromatic heterocycles. The molecule has 0 aliphatic carbocycles. The van der Waals surface area contributed by atoms with Crippen molar-refractivity contribution in [2.24, 2.45) is 0 Å². The number of hydrogen-bond acceptors (Lipinski definition) is 3. The van der Waals surface area contributed by atoms with Crippen LogP contribution in [0.25, 0.3) is 0 Å². The minimum Gasteiger partial charge on any atom is -0.443 e. The Kier molecular flexibility index (Phi) is 3.74. The van der Waals surface area contributed by atoms with Gasteiger partial charge in [-0.15, -0.1) is 0 Å². The van der Waals surface area contributed by atoms with E-state index in [2.05, 4.69) is 10.5 Å². The molecule has 0 atom stereocenters. The fraction of sp³-hybridized carbons (Fsp3) is 0.556. The SMILES string of the molecule is [B]c1cnn(NC(=O)OC(C)(C)C)c1C(F)F.